The van der Waals surface area contributed by atoms with Gasteiger partial charge in [0.25, 0.3) is 5.91 Å². The van der Waals surface area contributed by atoms with Crippen molar-refractivity contribution in [3.05, 3.63) is 52.5 Å². The van der Waals surface area contributed by atoms with Gasteiger partial charge in [-0.05, 0) is 18.6 Å². The average Bonchev–Trinajstić information content (AvgIpc) is 3.41. The molecule has 2 aliphatic rings. The van der Waals surface area contributed by atoms with E-state index in [0.717, 1.165) is 33.9 Å². The van der Waals surface area contributed by atoms with Crippen molar-refractivity contribution in [3.63, 3.8) is 0 Å². The number of aromatic nitrogens is 2. The Morgan fingerprint density at radius 1 is 1.00 bits per heavy atom. The van der Waals surface area contributed by atoms with Crippen molar-refractivity contribution in [2.24, 2.45) is 0 Å². The van der Waals surface area contributed by atoms with Gasteiger partial charge in [0.1, 0.15) is 4.83 Å². The highest BCUT2D eigenvalue weighted by molar-refractivity contribution is 7.20. The van der Waals surface area contributed by atoms with Crippen LogP contribution in [-0.4, -0.2) is 95.3 Å². The lowest BCUT2D eigenvalue weighted by atomic mass is 10.2. The van der Waals surface area contributed by atoms with Crippen molar-refractivity contribution >= 4 is 33.4 Å². The van der Waals surface area contributed by atoms with Gasteiger partial charge in [-0.3, -0.25) is 19.2 Å². The van der Waals surface area contributed by atoms with Crippen LogP contribution in [0.15, 0.2) is 36.4 Å². The number of hydrogen-bond acceptors (Lipinski definition) is 6. The van der Waals surface area contributed by atoms with E-state index in [9.17, 15) is 9.59 Å². The molecule has 2 fully saturated rings. The molecule has 2 amide bonds. The van der Waals surface area contributed by atoms with E-state index >= 15 is 0 Å². The Morgan fingerprint density at radius 3 is 2.42 bits per heavy atom. The number of ether oxygens (including phenoxy) is 1. The monoisotopic (exact) mass is 467 g/mol. The maximum absolute atomic E-state index is 13.2. The summed E-state index contributed by atoms with van der Waals surface area (Å²) in [5, 5.41) is 5.72. The van der Waals surface area contributed by atoms with Gasteiger partial charge in [-0.1, -0.05) is 30.3 Å². The SMILES string of the molecule is Cc1nn(Cc2ccccc2)c2sc(C(=O)N3CCN(C(=O)CN4CCOCC4)CC3)cc12. The molecule has 3 aromatic rings. The number of hydrogen-bond donors (Lipinski definition) is 0. The van der Waals surface area contributed by atoms with Gasteiger partial charge >= 0.3 is 0 Å². The molecule has 0 saturated carbocycles. The maximum Gasteiger partial charge on any atom is 0.264 e. The minimum atomic E-state index is 0.0436. The number of aryl methyl sites for hydroxylation is 1. The molecule has 0 unspecified atom stereocenters. The topological polar surface area (TPSA) is 70.9 Å². The number of fused-ring (bicyclic) bond motifs is 1. The second-order valence-electron chi connectivity index (χ2n) is 8.62. The van der Waals surface area contributed by atoms with Crippen LogP contribution in [-0.2, 0) is 16.1 Å². The molecule has 4 heterocycles. The number of nitrogens with zero attached hydrogens (tertiary/aromatic N) is 5. The van der Waals surface area contributed by atoms with Crippen molar-refractivity contribution in [3.8, 4) is 0 Å². The van der Waals surface area contributed by atoms with Crippen LogP contribution in [0.1, 0.15) is 20.9 Å². The molecule has 174 valence electrons. The van der Waals surface area contributed by atoms with Crippen LogP contribution in [0.5, 0.6) is 0 Å². The molecule has 0 radical (unpaired) electrons. The average molecular weight is 468 g/mol. The Labute approximate surface area is 197 Å². The molecule has 9 heteroatoms. The Balaban J connectivity index is 1.22. The number of benzene rings is 1. The highest BCUT2D eigenvalue weighted by Gasteiger charge is 2.27. The van der Waals surface area contributed by atoms with Crippen LogP contribution in [0.2, 0.25) is 0 Å². The predicted octanol–water partition coefficient (Wildman–Crippen LogP) is 2.07. The summed E-state index contributed by atoms with van der Waals surface area (Å²) in [6, 6.07) is 12.2. The zero-order valence-corrected chi connectivity index (χ0v) is 19.7. The lowest BCUT2D eigenvalue weighted by molar-refractivity contribution is -0.134. The summed E-state index contributed by atoms with van der Waals surface area (Å²) in [6.45, 7) is 8.39. The summed E-state index contributed by atoms with van der Waals surface area (Å²) in [6.07, 6.45) is 0. The van der Waals surface area contributed by atoms with E-state index in [1.807, 2.05) is 45.7 Å². The van der Waals surface area contributed by atoms with Gasteiger partial charge in [0.15, 0.2) is 0 Å². The molecule has 0 spiro atoms. The number of thiophene rings is 1. The van der Waals surface area contributed by atoms with E-state index in [1.165, 1.54) is 16.9 Å². The van der Waals surface area contributed by atoms with E-state index in [-0.39, 0.29) is 11.8 Å². The summed E-state index contributed by atoms with van der Waals surface area (Å²) in [7, 11) is 0. The zero-order valence-electron chi connectivity index (χ0n) is 18.9. The molecule has 2 saturated heterocycles. The summed E-state index contributed by atoms with van der Waals surface area (Å²) < 4.78 is 7.34. The normalized spacial score (nSPS) is 17.6. The molecule has 33 heavy (non-hydrogen) atoms. The standard InChI is InChI=1S/C24H29N5O3S/c1-18-20-15-21(33-24(20)29(25-18)16-19-5-3-2-4-6-19)23(31)28-9-7-27(8-10-28)22(30)17-26-11-13-32-14-12-26/h2-6,15H,7-14,16-17H2,1H3. The highest BCUT2D eigenvalue weighted by Crippen LogP contribution is 2.30. The van der Waals surface area contributed by atoms with E-state index in [0.29, 0.717) is 52.5 Å². The number of carbonyl (C=O) groups is 2. The first-order valence-electron chi connectivity index (χ1n) is 11.5. The predicted molar refractivity (Wildman–Crippen MR) is 128 cm³/mol. The van der Waals surface area contributed by atoms with Gasteiger partial charge in [0.2, 0.25) is 5.91 Å². The lowest BCUT2D eigenvalue weighted by Gasteiger charge is -2.36. The van der Waals surface area contributed by atoms with Crippen LogP contribution < -0.4 is 0 Å². The molecule has 1 aromatic carbocycles. The van der Waals surface area contributed by atoms with Crippen molar-refractivity contribution in [2.45, 2.75) is 13.5 Å². The summed E-state index contributed by atoms with van der Waals surface area (Å²) in [5.74, 6) is 0.185. The van der Waals surface area contributed by atoms with E-state index < -0.39 is 0 Å². The fourth-order valence-electron chi connectivity index (χ4n) is 4.45. The first-order chi connectivity index (χ1) is 16.1. The number of rotatable bonds is 5. The quantitative estimate of drug-likeness (QED) is 0.575. The Bertz CT molecular complexity index is 1130. The Kier molecular flexibility index (Phi) is 6.43. The first-order valence-corrected chi connectivity index (χ1v) is 12.3. The molecule has 0 N–H and O–H groups in total. The van der Waals surface area contributed by atoms with Crippen LogP contribution >= 0.6 is 11.3 Å². The number of piperazine rings is 1. The number of morpholine rings is 1. The largest absolute Gasteiger partial charge is 0.379 e. The maximum atomic E-state index is 13.2. The van der Waals surface area contributed by atoms with Crippen molar-refractivity contribution in [2.75, 3.05) is 59.0 Å². The molecule has 0 bridgehead atoms. The van der Waals surface area contributed by atoms with Gasteiger partial charge in [-0.15, -0.1) is 11.3 Å². The first kappa shape index (κ1) is 22.1. The Hall–Kier alpha value is -2.75. The second kappa shape index (κ2) is 9.62. The van der Waals surface area contributed by atoms with Crippen LogP contribution in [0, 0.1) is 6.92 Å². The van der Waals surface area contributed by atoms with Crippen molar-refractivity contribution in [1.82, 2.24) is 24.5 Å². The minimum absolute atomic E-state index is 0.0436. The van der Waals surface area contributed by atoms with E-state index in [1.54, 1.807) is 0 Å². The van der Waals surface area contributed by atoms with Gasteiger partial charge in [0.05, 0.1) is 36.9 Å². The minimum Gasteiger partial charge on any atom is -0.379 e. The number of amides is 2. The summed E-state index contributed by atoms with van der Waals surface area (Å²) in [4.78, 5) is 33.5. The molecule has 2 aromatic heterocycles. The molecule has 5 rings (SSSR count). The summed E-state index contributed by atoms with van der Waals surface area (Å²) in [5.41, 5.74) is 2.12. The van der Waals surface area contributed by atoms with Gasteiger partial charge in [-0.25, -0.2) is 0 Å². The molecule has 0 aliphatic carbocycles. The summed E-state index contributed by atoms with van der Waals surface area (Å²) >= 11 is 1.51. The highest BCUT2D eigenvalue weighted by atomic mass is 32.1. The van der Waals surface area contributed by atoms with E-state index in [4.69, 9.17) is 4.74 Å². The third-order valence-corrected chi connectivity index (χ3v) is 7.51. The number of carbonyl (C=O) groups excluding carboxylic acids is 2. The van der Waals surface area contributed by atoms with Gasteiger partial charge in [0, 0.05) is 44.7 Å². The van der Waals surface area contributed by atoms with Crippen LogP contribution in [0.25, 0.3) is 10.2 Å². The lowest BCUT2D eigenvalue weighted by Crippen LogP contribution is -2.53. The fraction of sp³-hybridized carbons (Fsp3) is 0.458. The smallest absolute Gasteiger partial charge is 0.264 e. The molecular formula is C24H29N5O3S. The van der Waals surface area contributed by atoms with Gasteiger partial charge < -0.3 is 14.5 Å². The van der Waals surface area contributed by atoms with Crippen molar-refractivity contribution < 1.29 is 14.3 Å². The van der Waals surface area contributed by atoms with Crippen LogP contribution in [0.4, 0.5) is 0 Å². The van der Waals surface area contributed by atoms with Crippen LogP contribution in [0.3, 0.4) is 0 Å². The molecule has 2 aliphatic heterocycles. The molecule has 0 atom stereocenters. The van der Waals surface area contributed by atoms with E-state index in [2.05, 4.69) is 22.1 Å². The third kappa shape index (κ3) is 4.80. The third-order valence-electron chi connectivity index (χ3n) is 6.38. The second-order valence-corrected chi connectivity index (χ2v) is 9.65. The molecule has 8 nitrogen and oxygen atoms in total. The Morgan fingerprint density at radius 2 is 1.70 bits per heavy atom. The molecular weight excluding hydrogens is 438 g/mol. The fourth-order valence-corrected chi connectivity index (χ4v) is 5.58. The van der Waals surface area contributed by atoms with Gasteiger partial charge in [-0.2, -0.15) is 5.10 Å². The van der Waals surface area contributed by atoms with Crippen molar-refractivity contribution in [1.29, 1.82) is 0 Å². The zero-order chi connectivity index (χ0) is 22.8.